The summed E-state index contributed by atoms with van der Waals surface area (Å²) in [6.07, 6.45) is 0. The van der Waals surface area contributed by atoms with Crippen LogP contribution in [0.3, 0.4) is 0 Å². The van der Waals surface area contributed by atoms with Crippen molar-refractivity contribution in [3.05, 3.63) is 218 Å². The fourth-order valence-electron chi connectivity index (χ4n) is 7.83. The Morgan fingerprint density at radius 2 is 0.855 bits per heavy atom. The van der Waals surface area contributed by atoms with Gasteiger partial charge >= 0.3 is 0 Å². The molecule has 3 heteroatoms. The number of nitrogens with zero attached hydrogens (tertiary/aromatic N) is 2. The van der Waals surface area contributed by atoms with E-state index in [2.05, 4.69) is 228 Å². The van der Waals surface area contributed by atoms with Crippen molar-refractivity contribution in [1.29, 1.82) is 0 Å². The summed E-state index contributed by atoms with van der Waals surface area (Å²) in [6, 6.07) is 78.8. The van der Waals surface area contributed by atoms with Crippen molar-refractivity contribution in [3.8, 4) is 21.6 Å². The van der Waals surface area contributed by atoms with Crippen LogP contribution in [0.2, 0.25) is 0 Å². The number of anilines is 6. The summed E-state index contributed by atoms with van der Waals surface area (Å²) in [5, 5.41) is 6.15. The van der Waals surface area contributed by atoms with Gasteiger partial charge in [-0.15, -0.1) is 11.3 Å². The molecule has 0 spiro atoms. The molecule has 10 rings (SSSR count). The highest BCUT2D eigenvalue weighted by Gasteiger charge is 2.21. The molecule has 0 aliphatic rings. The molecule has 1 heterocycles. The van der Waals surface area contributed by atoms with E-state index in [0.29, 0.717) is 0 Å². The van der Waals surface area contributed by atoms with Crippen LogP contribution in [0, 0.1) is 0 Å². The van der Waals surface area contributed by atoms with Gasteiger partial charge in [0.05, 0.1) is 5.69 Å². The SMILES string of the molecule is c1ccc(-c2c(-c3ccc(N(c4ccccc4)c4ccccc4)cc3)sc3cc(N(c4ccc5ccccc5c4)c4cccc5ccccc45)ccc23)cc1. The highest BCUT2D eigenvalue weighted by molar-refractivity contribution is 7.23. The normalized spacial score (nSPS) is 11.3. The van der Waals surface area contributed by atoms with Gasteiger partial charge in [-0.05, 0) is 94.0 Å². The topological polar surface area (TPSA) is 6.48 Å². The summed E-state index contributed by atoms with van der Waals surface area (Å²) in [7, 11) is 0. The zero-order chi connectivity index (χ0) is 36.6. The number of fused-ring (bicyclic) bond motifs is 3. The number of benzene rings is 9. The third-order valence-corrected chi connectivity index (χ3v) is 11.6. The van der Waals surface area contributed by atoms with Crippen LogP contribution >= 0.6 is 11.3 Å². The zero-order valence-corrected chi connectivity index (χ0v) is 30.9. The number of thiophene rings is 1. The van der Waals surface area contributed by atoms with Gasteiger partial charge in [-0.1, -0.05) is 152 Å². The molecule has 1 aromatic heterocycles. The Hall–Kier alpha value is -6.94. The minimum absolute atomic E-state index is 1.12. The second kappa shape index (κ2) is 14.1. The summed E-state index contributed by atoms with van der Waals surface area (Å²) in [4.78, 5) is 6.00. The van der Waals surface area contributed by atoms with Gasteiger partial charge in [0.2, 0.25) is 0 Å². The van der Waals surface area contributed by atoms with Gasteiger partial charge < -0.3 is 9.80 Å². The Morgan fingerprint density at radius 1 is 0.309 bits per heavy atom. The van der Waals surface area contributed by atoms with Crippen LogP contribution in [0.5, 0.6) is 0 Å². The van der Waals surface area contributed by atoms with Crippen molar-refractivity contribution in [2.45, 2.75) is 0 Å². The van der Waals surface area contributed by atoms with Crippen LogP contribution < -0.4 is 9.80 Å². The average molecular weight is 721 g/mol. The summed E-state index contributed by atoms with van der Waals surface area (Å²) < 4.78 is 1.25. The first-order valence-electron chi connectivity index (χ1n) is 18.7. The second-order valence-electron chi connectivity index (χ2n) is 13.8. The molecule has 0 atom stereocenters. The maximum Gasteiger partial charge on any atom is 0.0540 e. The summed E-state index contributed by atoms with van der Waals surface area (Å²) in [5.74, 6) is 0. The Morgan fingerprint density at radius 3 is 1.58 bits per heavy atom. The highest BCUT2D eigenvalue weighted by atomic mass is 32.1. The number of para-hydroxylation sites is 2. The van der Waals surface area contributed by atoms with E-state index in [0.717, 1.165) is 34.1 Å². The lowest BCUT2D eigenvalue weighted by atomic mass is 9.98. The molecule has 0 bridgehead atoms. The molecule has 0 saturated carbocycles. The molecular weight excluding hydrogens is 685 g/mol. The predicted octanol–water partition coefficient (Wildman–Crippen LogP) is 15.5. The van der Waals surface area contributed by atoms with Gasteiger partial charge in [-0.25, -0.2) is 0 Å². The Labute approximate surface area is 325 Å². The molecule has 0 N–H and O–H groups in total. The van der Waals surface area contributed by atoms with Crippen LogP contribution in [0.4, 0.5) is 34.1 Å². The van der Waals surface area contributed by atoms with Gasteiger partial charge in [0.1, 0.15) is 0 Å². The average Bonchev–Trinajstić information content (AvgIpc) is 3.64. The fourth-order valence-corrected chi connectivity index (χ4v) is 9.09. The van der Waals surface area contributed by atoms with Gasteiger partial charge in [0.15, 0.2) is 0 Å². The third kappa shape index (κ3) is 6.11. The van der Waals surface area contributed by atoms with Crippen molar-refractivity contribution >= 4 is 77.1 Å². The molecule has 55 heavy (non-hydrogen) atoms. The van der Waals surface area contributed by atoms with E-state index in [1.165, 1.54) is 53.2 Å². The van der Waals surface area contributed by atoms with Crippen LogP contribution in [0.15, 0.2) is 218 Å². The molecule has 2 nitrogen and oxygen atoms in total. The quantitative estimate of drug-likeness (QED) is 0.154. The largest absolute Gasteiger partial charge is 0.311 e. The Balaban J connectivity index is 1.13. The van der Waals surface area contributed by atoms with E-state index in [1.807, 2.05) is 11.3 Å². The lowest BCUT2D eigenvalue weighted by Crippen LogP contribution is -2.10. The summed E-state index contributed by atoms with van der Waals surface area (Å²) in [6.45, 7) is 0. The van der Waals surface area contributed by atoms with Gasteiger partial charge in [-0.3, -0.25) is 0 Å². The first-order valence-corrected chi connectivity index (χ1v) is 19.5. The van der Waals surface area contributed by atoms with E-state index >= 15 is 0 Å². The maximum absolute atomic E-state index is 2.42. The molecule has 0 fully saturated rings. The number of hydrogen-bond acceptors (Lipinski definition) is 3. The molecule has 0 radical (unpaired) electrons. The molecular formula is C52H36N2S. The lowest BCUT2D eigenvalue weighted by Gasteiger charge is -2.27. The smallest absolute Gasteiger partial charge is 0.0540 e. The molecule has 0 aliphatic heterocycles. The highest BCUT2D eigenvalue weighted by Crippen LogP contribution is 2.48. The Kier molecular flexibility index (Phi) is 8.40. The minimum atomic E-state index is 1.12. The first kappa shape index (κ1) is 32.7. The number of hydrogen-bond donors (Lipinski definition) is 0. The van der Waals surface area contributed by atoms with Crippen molar-refractivity contribution in [2.75, 3.05) is 9.80 Å². The van der Waals surface area contributed by atoms with Crippen molar-refractivity contribution in [3.63, 3.8) is 0 Å². The van der Waals surface area contributed by atoms with E-state index in [-0.39, 0.29) is 0 Å². The number of rotatable bonds is 8. The monoisotopic (exact) mass is 720 g/mol. The molecule has 0 amide bonds. The van der Waals surface area contributed by atoms with Crippen LogP contribution in [0.25, 0.3) is 53.2 Å². The van der Waals surface area contributed by atoms with E-state index in [4.69, 9.17) is 0 Å². The molecule has 260 valence electrons. The summed E-state index contributed by atoms with van der Waals surface area (Å²) >= 11 is 1.87. The van der Waals surface area contributed by atoms with Crippen molar-refractivity contribution in [2.24, 2.45) is 0 Å². The van der Waals surface area contributed by atoms with Gasteiger partial charge in [-0.2, -0.15) is 0 Å². The van der Waals surface area contributed by atoms with Gasteiger partial charge in [0.25, 0.3) is 0 Å². The molecule has 10 aromatic rings. The van der Waals surface area contributed by atoms with E-state index in [1.54, 1.807) is 0 Å². The second-order valence-corrected chi connectivity index (χ2v) is 14.8. The standard InChI is InChI=1S/C52H36N2S/c1-4-17-39(18-5-1)51-48-34-33-46(54(45-32-27-37-15-10-11-19-41(37)35-45)49-26-14-20-38-16-12-13-25-47(38)49)36-50(48)55-52(51)40-28-30-44(31-29-40)53(42-21-6-2-7-22-42)43-23-8-3-9-24-43/h1-36H. The molecule has 0 saturated heterocycles. The molecule has 0 aliphatic carbocycles. The minimum Gasteiger partial charge on any atom is -0.311 e. The van der Waals surface area contributed by atoms with Crippen molar-refractivity contribution < 1.29 is 0 Å². The molecule has 0 unspecified atom stereocenters. The van der Waals surface area contributed by atoms with Gasteiger partial charge in [0, 0.05) is 54.3 Å². The predicted molar refractivity (Wildman–Crippen MR) is 237 cm³/mol. The maximum atomic E-state index is 2.42. The lowest BCUT2D eigenvalue weighted by molar-refractivity contribution is 1.28. The van der Waals surface area contributed by atoms with Crippen LogP contribution in [-0.2, 0) is 0 Å². The fraction of sp³-hybridized carbons (Fsp3) is 0. The van der Waals surface area contributed by atoms with E-state index < -0.39 is 0 Å². The van der Waals surface area contributed by atoms with E-state index in [9.17, 15) is 0 Å². The van der Waals surface area contributed by atoms with Crippen LogP contribution in [-0.4, -0.2) is 0 Å². The van der Waals surface area contributed by atoms with Crippen LogP contribution in [0.1, 0.15) is 0 Å². The third-order valence-electron chi connectivity index (χ3n) is 10.4. The van der Waals surface area contributed by atoms with Crippen molar-refractivity contribution in [1.82, 2.24) is 0 Å². The Bertz CT molecular complexity index is 2870. The first-order chi connectivity index (χ1) is 27.3. The zero-order valence-electron chi connectivity index (χ0n) is 30.1. The molecule has 9 aromatic carbocycles. The summed E-state index contributed by atoms with van der Waals surface area (Å²) in [5.41, 5.74) is 10.5.